The van der Waals surface area contributed by atoms with Crippen molar-refractivity contribution in [3.8, 4) is 11.5 Å². The van der Waals surface area contributed by atoms with Crippen molar-refractivity contribution in [2.45, 2.75) is 26.8 Å². The van der Waals surface area contributed by atoms with Crippen LogP contribution in [0, 0.1) is 0 Å². The number of nitrogens with zero attached hydrogens (tertiary/aromatic N) is 1. The van der Waals surface area contributed by atoms with Crippen molar-refractivity contribution in [3.63, 3.8) is 0 Å². The van der Waals surface area contributed by atoms with Gasteiger partial charge < -0.3 is 26.8 Å². The maximum atomic E-state index is 9.75. The van der Waals surface area contributed by atoms with Crippen LogP contribution in [0.3, 0.4) is 0 Å². The molecule has 0 fully saturated rings. The Morgan fingerprint density at radius 2 is 2.07 bits per heavy atom. The first-order valence-corrected chi connectivity index (χ1v) is 4.52. The average Bonchev–Trinajstić information content (AvgIpc) is 2.17. The summed E-state index contributed by atoms with van der Waals surface area (Å²) in [6, 6.07) is 1.78. The first-order valence-electron chi connectivity index (χ1n) is 4.52. The van der Waals surface area contributed by atoms with Gasteiger partial charge in [0.1, 0.15) is 6.54 Å². The quantitative estimate of drug-likeness (QED) is 0.657. The molecule has 1 aromatic rings. The van der Waals surface area contributed by atoms with E-state index in [9.17, 15) is 5.11 Å². The van der Waals surface area contributed by atoms with E-state index in [1.165, 1.54) is 0 Å². The summed E-state index contributed by atoms with van der Waals surface area (Å²) in [4.78, 5) is 0. The number of hydrogen-bond acceptors (Lipinski definition) is 2. The second-order valence-electron chi connectivity index (χ2n) is 2.82. The van der Waals surface area contributed by atoms with Gasteiger partial charge in [0.05, 0.1) is 7.11 Å². The number of ether oxygens (including phenoxy) is 1. The summed E-state index contributed by atoms with van der Waals surface area (Å²) in [5, 5.41) is 9.75. The van der Waals surface area contributed by atoms with Crippen LogP contribution < -0.4 is 26.3 Å². The van der Waals surface area contributed by atoms with Crippen molar-refractivity contribution >= 4 is 0 Å². The lowest BCUT2D eigenvalue weighted by Crippen LogP contribution is -3.00. The lowest BCUT2D eigenvalue weighted by atomic mass is 10.2. The molecule has 0 radical (unpaired) electrons. The lowest BCUT2D eigenvalue weighted by molar-refractivity contribution is -0.701. The van der Waals surface area contributed by atoms with Gasteiger partial charge in [0.25, 0.3) is 0 Å². The Labute approximate surface area is 95.1 Å². The van der Waals surface area contributed by atoms with Gasteiger partial charge in [-0.25, -0.2) is 0 Å². The molecule has 1 N–H and O–H groups in total. The van der Waals surface area contributed by atoms with Gasteiger partial charge in [0.2, 0.25) is 11.4 Å². The Hall–Kier alpha value is -0.770. The minimum absolute atomic E-state index is 0. The van der Waals surface area contributed by atoms with E-state index in [0.717, 1.165) is 18.7 Å². The summed E-state index contributed by atoms with van der Waals surface area (Å²) in [5.74, 6) is 0.802. The highest BCUT2D eigenvalue weighted by Crippen LogP contribution is 2.26. The molecule has 0 saturated heterocycles. The Morgan fingerprint density at radius 1 is 1.43 bits per heavy atom. The molecule has 0 aliphatic carbocycles. The maximum absolute atomic E-state index is 9.75. The van der Waals surface area contributed by atoms with E-state index in [4.69, 9.17) is 4.74 Å². The van der Waals surface area contributed by atoms with Crippen LogP contribution in [0.1, 0.15) is 19.5 Å². The van der Waals surface area contributed by atoms with Gasteiger partial charge >= 0.3 is 0 Å². The fourth-order valence-electron chi connectivity index (χ4n) is 1.44. The van der Waals surface area contributed by atoms with Crippen LogP contribution in [-0.4, -0.2) is 12.2 Å². The van der Waals surface area contributed by atoms with Crippen LogP contribution in [0.2, 0.25) is 0 Å². The number of rotatable bonds is 3. The molecule has 80 valence electrons. The minimum Gasteiger partial charge on any atom is -1.00 e. The second kappa shape index (κ2) is 5.86. The van der Waals surface area contributed by atoms with E-state index in [-0.39, 0.29) is 22.7 Å². The largest absolute Gasteiger partial charge is 1.00 e. The molecule has 3 nitrogen and oxygen atoms in total. The highest BCUT2D eigenvalue weighted by molar-refractivity contribution is 5.38. The van der Waals surface area contributed by atoms with Gasteiger partial charge in [-0.15, -0.1) is 0 Å². The second-order valence-corrected chi connectivity index (χ2v) is 2.82. The Bertz CT molecular complexity index is 302. The van der Waals surface area contributed by atoms with Gasteiger partial charge in [0.15, 0.2) is 11.9 Å². The van der Waals surface area contributed by atoms with Crippen LogP contribution in [0.5, 0.6) is 11.5 Å². The standard InChI is InChI=1S/C10H15NO2.BrH/c1-4-8-10(12)9(13-3)6-7-11(8)5-2;/h6-7H,4-5H2,1-3H3;1H. The van der Waals surface area contributed by atoms with Crippen molar-refractivity contribution in [1.82, 2.24) is 0 Å². The van der Waals surface area contributed by atoms with E-state index < -0.39 is 0 Å². The zero-order valence-electron chi connectivity index (χ0n) is 8.75. The smallest absolute Gasteiger partial charge is 0.227 e. The molecule has 14 heavy (non-hydrogen) atoms. The maximum Gasteiger partial charge on any atom is 0.227 e. The first kappa shape index (κ1) is 13.2. The summed E-state index contributed by atoms with van der Waals surface area (Å²) in [5.41, 5.74) is 0.918. The van der Waals surface area contributed by atoms with E-state index >= 15 is 0 Å². The number of aryl methyl sites for hydroxylation is 1. The van der Waals surface area contributed by atoms with Crippen LogP contribution >= 0.6 is 0 Å². The minimum atomic E-state index is 0. The van der Waals surface area contributed by atoms with E-state index in [1.807, 2.05) is 24.6 Å². The third-order valence-corrected chi connectivity index (χ3v) is 2.15. The highest BCUT2D eigenvalue weighted by Gasteiger charge is 2.16. The number of halogens is 1. The fraction of sp³-hybridized carbons (Fsp3) is 0.500. The molecule has 0 atom stereocenters. The lowest BCUT2D eigenvalue weighted by Gasteiger charge is -2.06. The molecule has 1 rings (SSSR count). The number of hydrogen-bond donors (Lipinski definition) is 1. The predicted octanol–water partition coefficient (Wildman–Crippen LogP) is -1.73. The molecule has 0 unspecified atom stereocenters. The molecular weight excluding hydrogens is 246 g/mol. The molecule has 0 amide bonds. The van der Waals surface area contributed by atoms with Gasteiger partial charge in [-0.2, -0.15) is 4.57 Å². The predicted molar refractivity (Wildman–Crippen MR) is 49.9 cm³/mol. The molecule has 1 aromatic heterocycles. The molecule has 0 saturated carbocycles. The van der Waals surface area contributed by atoms with E-state index in [0.29, 0.717) is 5.75 Å². The summed E-state index contributed by atoms with van der Waals surface area (Å²) >= 11 is 0. The summed E-state index contributed by atoms with van der Waals surface area (Å²) in [7, 11) is 1.56. The van der Waals surface area contributed by atoms with Crippen molar-refractivity contribution in [3.05, 3.63) is 18.0 Å². The van der Waals surface area contributed by atoms with Crippen molar-refractivity contribution in [1.29, 1.82) is 0 Å². The van der Waals surface area contributed by atoms with Crippen LogP contribution in [0.25, 0.3) is 0 Å². The molecule has 4 heteroatoms. The zero-order chi connectivity index (χ0) is 9.84. The Morgan fingerprint density at radius 3 is 2.50 bits per heavy atom. The van der Waals surface area contributed by atoms with Crippen LogP contribution in [0.4, 0.5) is 0 Å². The highest BCUT2D eigenvalue weighted by atomic mass is 79.9. The molecule has 0 aliphatic rings. The number of methoxy groups -OCH3 is 1. The summed E-state index contributed by atoms with van der Waals surface area (Å²) < 4.78 is 7.04. The normalized spacial score (nSPS) is 9.36. The number of aromatic hydroxyl groups is 1. The number of pyridine rings is 1. The fourth-order valence-corrected chi connectivity index (χ4v) is 1.44. The Kier molecular flexibility index (Phi) is 5.53. The van der Waals surface area contributed by atoms with Crippen molar-refractivity contribution in [2.75, 3.05) is 7.11 Å². The van der Waals surface area contributed by atoms with Gasteiger partial charge in [-0.1, -0.05) is 6.92 Å². The third kappa shape index (κ3) is 2.38. The summed E-state index contributed by atoms with van der Waals surface area (Å²) in [6.45, 7) is 4.92. The van der Waals surface area contributed by atoms with Crippen molar-refractivity contribution in [2.24, 2.45) is 0 Å². The van der Waals surface area contributed by atoms with Gasteiger partial charge in [-0.3, -0.25) is 0 Å². The Balaban J connectivity index is 0.00000169. The molecule has 0 aliphatic heterocycles. The number of aromatic nitrogens is 1. The molecular formula is C10H16BrNO2. The average molecular weight is 262 g/mol. The van der Waals surface area contributed by atoms with Crippen LogP contribution in [0.15, 0.2) is 12.3 Å². The zero-order valence-corrected chi connectivity index (χ0v) is 10.3. The van der Waals surface area contributed by atoms with E-state index in [1.54, 1.807) is 13.2 Å². The molecule has 0 aromatic carbocycles. The van der Waals surface area contributed by atoms with Crippen molar-refractivity contribution < 1.29 is 31.4 Å². The van der Waals surface area contributed by atoms with Gasteiger partial charge in [-0.05, 0) is 6.92 Å². The van der Waals surface area contributed by atoms with Crippen LogP contribution in [-0.2, 0) is 13.0 Å². The van der Waals surface area contributed by atoms with E-state index in [2.05, 4.69) is 0 Å². The SMILES string of the molecule is CCc1c(O)c(OC)cc[n+]1CC.[Br-]. The topological polar surface area (TPSA) is 33.3 Å². The molecule has 0 spiro atoms. The van der Waals surface area contributed by atoms with Gasteiger partial charge in [0, 0.05) is 12.5 Å². The molecule has 1 heterocycles. The molecule has 0 bridgehead atoms. The summed E-state index contributed by atoms with van der Waals surface area (Å²) in [6.07, 6.45) is 2.73. The third-order valence-electron chi connectivity index (χ3n) is 2.15. The monoisotopic (exact) mass is 261 g/mol. The first-order chi connectivity index (χ1) is 6.24.